The van der Waals surface area contributed by atoms with E-state index in [2.05, 4.69) is 389 Å². The number of aryl methyl sites for hydroxylation is 7. The Morgan fingerprint density at radius 2 is 0.472 bits per heavy atom. The molecule has 0 amide bonds. The smallest absolute Gasteiger partial charge is 0.0467 e. The molecule has 106 heavy (non-hydrogen) atoms. The standard InChI is InChI=1S/C33H31Br2N.2C32H29Br2N/c1-21-18-30(36(28-13-9-26(34)10-14-28)29-15-11-27(35)12-16-29)19-22(2)33(21)25-8-17-31-23-4-3-5-24(7-6-23)32(31)20-25;1-19-14-24(18-30-22-4-5-23(17-22)32(19)30)31-20(2)15-29(16-21(31)3)35(27-10-6-25(33)7-11-27)28-12-8-26(34)9-13-28;1-20-17-29(35(27-12-8-25(33)9-13-27)28-14-10-26(34)11-15-28)18-21(2)32(20)24-7-16-30-22-3-5-23(6-4-22)31(30)19-24/h8-20,23-24H,3-7H2,1-2H3;6-16,18,22-23H,4-5,17H2,1-3H3;7-19,22-23H,3-6H2,1-2H3. The third-order valence-electron chi connectivity index (χ3n) is 24.0. The fourth-order valence-electron chi connectivity index (χ4n) is 19.4. The van der Waals surface area contributed by atoms with Gasteiger partial charge in [0.2, 0.25) is 0 Å². The van der Waals surface area contributed by atoms with Gasteiger partial charge in [-0.2, -0.15) is 0 Å². The Morgan fingerprint density at radius 3 is 0.792 bits per heavy atom. The van der Waals surface area contributed by atoms with Gasteiger partial charge in [-0.15, -0.1) is 0 Å². The maximum absolute atomic E-state index is 3.59. The predicted molar refractivity (Wildman–Crippen MR) is 471 cm³/mol. The van der Waals surface area contributed by atoms with Gasteiger partial charge >= 0.3 is 0 Å². The number of anilines is 9. The molecule has 0 saturated heterocycles. The van der Waals surface area contributed by atoms with E-state index in [0.29, 0.717) is 0 Å². The van der Waals surface area contributed by atoms with Crippen molar-refractivity contribution in [3.8, 4) is 33.4 Å². The zero-order valence-corrected chi connectivity index (χ0v) is 71.0. The van der Waals surface area contributed by atoms with Crippen molar-refractivity contribution < 1.29 is 0 Å². The van der Waals surface area contributed by atoms with Crippen LogP contribution < -0.4 is 14.7 Å². The van der Waals surface area contributed by atoms with Crippen molar-refractivity contribution in [2.24, 2.45) is 0 Å². The number of nitrogens with zero attached hydrogens (tertiary/aromatic N) is 3. The van der Waals surface area contributed by atoms with E-state index in [-0.39, 0.29) is 0 Å². The second kappa shape index (κ2) is 31.1. The minimum Gasteiger partial charge on any atom is -0.310 e. The van der Waals surface area contributed by atoms with Crippen LogP contribution in [-0.4, -0.2) is 0 Å². The van der Waals surface area contributed by atoms with Gasteiger partial charge in [0.25, 0.3) is 0 Å². The molecule has 0 aliphatic heterocycles. The average molecular weight is 1780 g/mol. The van der Waals surface area contributed by atoms with Crippen molar-refractivity contribution in [3.05, 3.63) is 330 Å². The molecule has 6 bridgehead atoms. The molecule has 0 spiro atoms. The van der Waals surface area contributed by atoms with E-state index < -0.39 is 0 Å². The lowest BCUT2D eigenvalue weighted by Crippen LogP contribution is -2.21. The number of fused-ring (bicyclic) bond motifs is 10. The molecule has 3 fully saturated rings. The summed E-state index contributed by atoms with van der Waals surface area (Å²) in [5, 5.41) is 0. The van der Waals surface area contributed by atoms with Crippen molar-refractivity contribution in [3.63, 3.8) is 0 Å². The number of rotatable bonds is 12. The summed E-state index contributed by atoms with van der Waals surface area (Å²) in [6, 6.07) is 85.1. The monoisotopic (exact) mass is 1770 g/mol. The highest BCUT2D eigenvalue weighted by atomic mass is 79.9. The Labute approximate surface area is 679 Å². The second-order valence-electron chi connectivity index (χ2n) is 30.9. The van der Waals surface area contributed by atoms with Gasteiger partial charge in [0, 0.05) is 78.0 Å². The Bertz CT molecular complexity index is 5040. The van der Waals surface area contributed by atoms with Crippen LogP contribution in [0.1, 0.15) is 185 Å². The van der Waals surface area contributed by atoms with Crippen LogP contribution in [0.5, 0.6) is 0 Å². The highest BCUT2D eigenvalue weighted by Gasteiger charge is 2.39. The van der Waals surface area contributed by atoms with Crippen LogP contribution in [0.15, 0.2) is 257 Å². The number of halogens is 6. The molecule has 0 heterocycles. The van der Waals surface area contributed by atoms with E-state index in [1.54, 1.807) is 33.4 Å². The largest absolute Gasteiger partial charge is 0.310 e. The molecular formula is C97H89Br6N3. The van der Waals surface area contributed by atoms with Gasteiger partial charge < -0.3 is 14.7 Å². The van der Waals surface area contributed by atoms with Crippen LogP contribution in [0.2, 0.25) is 0 Å². The van der Waals surface area contributed by atoms with Crippen LogP contribution >= 0.6 is 95.6 Å². The SMILES string of the molecule is Cc1cc(N(c2ccc(Br)cc2)c2ccc(Br)cc2)cc(C)c1-c1cc(C)c2c(c1)C1CCC2C1.Cc1cc(N(c2ccc(Br)cc2)c2ccc(Br)cc2)cc(C)c1-c1ccc2c(c1)C1CCC2CC1.Cc1cc(N(c2ccc(Br)cc2)c2ccc(Br)cc2)cc(C)c1-c1ccc2c(c1)C1CCCC2CC1. The van der Waals surface area contributed by atoms with Crippen molar-refractivity contribution >= 4 is 147 Å². The van der Waals surface area contributed by atoms with Gasteiger partial charge in [-0.25, -0.2) is 0 Å². The fraction of sp³-hybridized carbons (Fsp3) is 0.258. The highest BCUT2D eigenvalue weighted by molar-refractivity contribution is 9.11. The molecule has 4 atom stereocenters. The molecule has 9 heteroatoms. The normalized spacial score (nSPS) is 18.3. The molecule has 3 nitrogen and oxygen atoms in total. The van der Waals surface area contributed by atoms with E-state index in [4.69, 9.17) is 0 Å². The minimum absolute atomic E-state index is 0.754. The molecular weight excluding hydrogens is 1690 g/mol. The molecule has 12 aromatic rings. The van der Waals surface area contributed by atoms with Gasteiger partial charge in [0.05, 0.1) is 0 Å². The van der Waals surface area contributed by atoms with Crippen molar-refractivity contribution in [2.45, 2.75) is 161 Å². The van der Waals surface area contributed by atoms with Gasteiger partial charge in [0.1, 0.15) is 0 Å². The topological polar surface area (TPSA) is 9.72 Å². The molecule has 8 aliphatic rings. The Morgan fingerprint density at radius 1 is 0.217 bits per heavy atom. The lowest BCUT2D eigenvalue weighted by molar-refractivity contribution is 0.359. The maximum Gasteiger partial charge on any atom is 0.0467 e. The molecule has 8 aliphatic carbocycles. The van der Waals surface area contributed by atoms with Crippen LogP contribution in [-0.2, 0) is 0 Å². The summed E-state index contributed by atoms with van der Waals surface area (Å²) < 4.78 is 6.51. The third-order valence-corrected chi connectivity index (χ3v) is 27.2. The maximum atomic E-state index is 3.59. The summed E-state index contributed by atoms with van der Waals surface area (Å²) in [5.74, 6) is 4.67. The zero-order valence-electron chi connectivity index (χ0n) is 61.5. The summed E-state index contributed by atoms with van der Waals surface area (Å²) >= 11 is 21.5. The average Bonchev–Trinajstić information content (AvgIpc) is 1.43. The van der Waals surface area contributed by atoms with E-state index in [1.807, 2.05) is 0 Å². The molecule has 20 rings (SSSR count). The quantitative estimate of drug-likeness (QED) is 0.121. The van der Waals surface area contributed by atoms with Crippen molar-refractivity contribution in [1.29, 1.82) is 0 Å². The first-order chi connectivity index (χ1) is 51.3. The Hall–Kier alpha value is -7.08. The third kappa shape index (κ3) is 14.9. The lowest BCUT2D eigenvalue weighted by Gasteiger charge is -2.38. The summed E-state index contributed by atoms with van der Waals surface area (Å²) in [7, 11) is 0. The Kier molecular flexibility index (Phi) is 21.5. The van der Waals surface area contributed by atoms with Crippen molar-refractivity contribution in [1.82, 2.24) is 0 Å². The second-order valence-corrected chi connectivity index (χ2v) is 36.4. The molecule has 4 unspecified atom stereocenters. The summed E-state index contributed by atoms with van der Waals surface area (Å²) in [5.41, 5.74) is 37.9. The van der Waals surface area contributed by atoms with Gasteiger partial charge in [0.15, 0.2) is 0 Å². The molecule has 534 valence electrons. The van der Waals surface area contributed by atoms with E-state index in [1.165, 1.54) is 166 Å². The minimum atomic E-state index is 0.754. The van der Waals surface area contributed by atoms with Gasteiger partial charge in [-0.1, -0.05) is 151 Å². The lowest BCUT2D eigenvalue weighted by atomic mass is 9.66. The number of hydrogen-bond donors (Lipinski definition) is 0. The van der Waals surface area contributed by atoms with Crippen LogP contribution in [0.3, 0.4) is 0 Å². The van der Waals surface area contributed by atoms with E-state index in [0.717, 1.165) is 96.5 Å². The summed E-state index contributed by atoms with van der Waals surface area (Å²) in [4.78, 5) is 7.03. The van der Waals surface area contributed by atoms with E-state index in [9.17, 15) is 0 Å². The molecule has 0 aromatic heterocycles. The number of benzene rings is 12. The summed E-state index contributed by atoms with van der Waals surface area (Å²) in [6.45, 7) is 15.9. The first-order valence-corrected chi connectivity index (χ1v) is 42.8. The molecule has 0 N–H and O–H groups in total. The van der Waals surface area contributed by atoms with Crippen molar-refractivity contribution in [2.75, 3.05) is 14.7 Å². The number of hydrogen-bond acceptors (Lipinski definition) is 3. The van der Waals surface area contributed by atoms with E-state index >= 15 is 0 Å². The first-order valence-electron chi connectivity index (χ1n) is 38.1. The molecule has 12 aromatic carbocycles. The van der Waals surface area contributed by atoms with Crippen LogP contribution in [0.25, 0.3) is 33.4 Å². The zero-order chi connectivity index (χ0) is 73.2. The molecule has 0 radical (unpaired) electrons. The fourth-order valence-corrected chi connectivity index (χ4v) is 21.0. The van der Waals surface area contributed by atoms with Gasteiger partial charge in [-0.3, -0.25) is 0 Å². The van der Waals surface area contributed by atoms with Crippen LogP contribution in [0, 0.1) is 48.5 Å². The Balaban J connectivity index is 0.000000122. The van der Waals surface area contributed by atoms with Crippen LogP contribution in [0.4, 0.5) is 51.2 Å². The summed E-state index contributed by atoms with van der Waals surface area (Å²) in [6.07, 6.45) is 16.5. The van der Waals surface area contributed by atoms with Gasteiger partial charge in [-0.05, 0) is 442 Å². The highest BCUT2D eigenvalue weighted by Crippen LogP contribution is 2.57. The molecule has 3 saturated carbocycles. The first kappa shape index (κ1) is 73.1. The predicted octanol–water partition coefficient (Wildman–Crippen LogP) is 32.5.